The molecule has 0 aliphatic heterocycles. The summed E-state index contributed by atoms with van der Waals surface area (Å²) >= 11 is 0. The van der Waals surface area contributed by atoms with Gasteiger partial charge in [-0.25, -0.2) is 4.79 Å². The zero-order chi connectivity index (χ0) is 28.6. The van der Waals surface area contributed by atoms with Crippen molar-refractivity contribution < 1.29 is 28.7 Å². The molecular formula is C29H45N3O6. The first-order valence-corrected chi connectivity index (χ1v) is 13.6. The highest BCUT2D eigenvalue weighted by atomic mass is 16.6. The van der Waals surface area contributed by atoms with E-state index in [0.717, 1.165) is 12.0 Å². The van der Waals surface area contributed by atoms with Gasteiger partial charge in [0.15, 0.2) is 0 Å². The highest BCUT2D eigenvalue weighted by Gasteiger charge is 2.48. The molecule has 1 aliphatic rings. The van der Waals surface area contributed by atoms with Gasteiger partial charge >= 0.3 is 12.1 Å². The Labute approximate surface area is 227 Å². The molecule has 0 heterocycles. The molecule has 0 aromatic heterocycles. The lowest BCUT2D eigenvalue weighted by Gasteiger charge is -2.36. The van der Waals surface area contributed by atoms with Crippen LogP contribution in [-0.4, -0.2) is 59.6 Å². The second-order valence-corrected chi connectivity index (χ2v) is 11.2. The number of benzene rings is 1. The van der Waals surface area contributed by atoms with Crippen molar-refractivity contribution in [2.24, 2.45) is 11.8 Å². The maximum absolute atomic E-state index is 14.2. The average molecular weight is 532 g/mol. The van der Waals surface area contributed by atoms with Crippen LogP contribution in [0.3, 0.4) is 0 Å². The van der Waals surface area contributed by atoms with Gasteiger partial charge in [0.05, 0.1) is 13.0 Å². The van der Waals surface area contributed by atoms with Crippen molar-refractivity contribution in [3.8, 4) is 0 Å². The maximum atomic E-state index is 14.2. The van der Waals surface area contributed by atoms with E-state index >= 15 is 0 Å². The number of hydrogen-bond acceptors (Lipinski definition) is 6. The lowest BCUT2D eigenvalue weighted by Crippen LogP contribution is -2.56. The summed E-state index contributed by atoms with van der Waals surface area (Å²) in [6.07, 6.45) is 0.750. The lowest BCUT2D eigenvalue weighted by molar-refractivity contribution is -0.145. The summed E-state index contributed by atoms with van der Waals surface area (Å²) in [6.45, 7) is 15.2. The molecule has 1 aliphatic carbocycles. The van der Waals surface area contributed by atoms with E-state index in [4.69, 9.17) is 9.47 Å². The fourth-order valence-corrected chi connectivity index (χ4v) is 4.35. The van der Waals surface area contributed by atoms with Crippen LogP contribution in [0.25, 0.3) is 0 Å². The molecule has 5 unspecified atom stereocenters. The van der Waals surface area contributed by atoms with Crippen molar-refractivity contribution in [3.05, 3.63) is 35.4 Å². The van der Waals surface area contributed by atoms with E-state index < -0.39 is 29.7 Å². The largest absolute Gasteiger partial charge is 0.466 e. The minimum Gasteiger partial charge on any atom is -0.466 e. The van der Waals surface area contributed by atoms with Gasteiger partial charge < -0.3 is 25.0 Å². The first kappa shape index (κ1) is 31.1. The Hall–Kier alpha value is -3.10. The lowest BCUT2D eigenvalue weighted by atomic mass is 9.95. The molecule has 2 rings (SSSR count). The summed E-state index contributed by atoms with van der Waals surface area (Å²) in [4.78, 5) is 54.1. The van der Waals surface area contributed by atoms with Crippen LogP contribution in [0.15, 0.2) is 24.3 Å². The fraction of sp³-hybridized carbons (Fsp3) is 0.655. The minimum atomic E-state index is -0.925. The molecule has 1 fully saturated rings. The van der Waals surface area contributed by atoms with Crippen LogP contribution in [0, 0.1) is 18.8 Å². The molecule has 9 nitrogen and oxygen atoms in total. The van der Waals surface area contributed by atoms with Gasteiger partial charge in [-0.3, -0.25) is 14.4 Å². The number of carbonyl (C=O) groups excluding carboxylic acids is 4. The quantitative estimate of drug-likeness (QED) is 0.389. The van der Waals surface area contributed by atoms with Gasteiger partial charge in [0.25, 0.3) is 0 Å². The molecule has 9 heteroatoms. The van der Waals surface area contributed by atoms with Gasteiger partial charge in [0.2, 0.25) is 11.8 Å². The second kappa shape index (κ2) is 13.6. The fourth-order valence-electron chi connectivity index (χ4n) is 4.35. The first-order chi connectivity index (χ1) is 17.8. The number of aryl methyl sites for hydroxylation is 1. The van der Waals surface area contributed by atoms with Crippen LogP contribution in [0.5, 0.6) is 0 Å². The zero-order valence-electron chi connectivity index (χ0n) is 24.1. The molecule has 1 aromatic rings. The Morgan fingerprint density at radius 1 is 1.16 bits per heavy atom. The summed E-state index contributed by atoms with van der Waals surface area (Å²) in [5.41, 5.74) is 0.903. The van der Waals surface area contributed by atoms with E-state index in [-0.39, 0.29) is 49.3 Å². The van der Waals surface area contributed by atoms with Crippen LogP contribution in [0.1, 0.15) is 84.9 Å². The van der Waals surface area contributed by atoms with Crippen molar-refractivity contribution in [2.45, 2.75) is 98.4 Å². The third-order valence-electron chi connectivity index (χ3n) is 6.65. The third-order valence-corrected chi connectivity index (χ3v) is 6.65. The van der Waals surface area contributed by atoms with Gasteiger partial charge in [-0.2, -0.15) is 0 Å². The number of amides is 3. The SMILES string of the molecule is CCOC(=O)CCNC(=O)C(c1cccc(C)c1)N(C(=O)C(NC(=O)OC(C)(C)C)C(C)CC)C1CC1C. The van der Waals surface area contributed by atoms with Gasteiger partial charge in [-0.05, 0) is 58.4 Å². The summed E-state index contributed by atoms with van der Waals surface area (Å²) in [6, 6.07) is 5.55. The number of alkyl carbamates (subject to hydrolysis) is 1. The molecule has 0 spiro atoms. The third kappa shape index (κ3) is 9.03. The van der Waals surface area contributed by atoms with Gasteiger partial charge in [-0.15, -0.1) is 0 Å². The Kier molecular flexibility index (Phi) is 11.2. The van der Waals surface area contributed by atoms with Crippen LogP contribution < -0.4 is 10.6 Å². The molecule has 0 saturated heterocycles. The van der Waals surface area contributed by atoms with Crippen molar-refractivity contribution in [1.82, 2.24) is 15.5 Å². The van der Waals surface area contributed by atoms with Crippen molar-refractivity contribution in [1.29, 1.82) is 0 Å². The van der Waals surface area contributed by atoms with Gasteiger partial charge in [0, 0.05) is 12.6 Å². The maximum Gasteiger partial charge on any atom is 0.408 e. The monoisotopic (exact) mass is 531 g/mol. The number of esters is 1. The number of hydrogen-bond donors (Lipinski definition) is 2. The average Bonchev–Trinajstić information content (AvgIpc) is 3.54. The number of rotatable bonds is 12. The molecule has 212 valence electrons. The molecule has 1 saturated carbocycles. The molecule has 2 N–H and O–H groups in total. The topological polar surface area (TPSA) is 114 Å². The Morgan fingerprint density at radius 3 is 2.34 bits per heavy atom. The number of nitrogens with zero attached hydrogens (tertiary/aromatic N) is 1. The molecule has 0 bridgehead atoms. The predicted octanol–water partition coefficient (Wildman–Crippen LogP) is 4.28. The van der Waals surface area contributed by atoms with Crippen molar-refractivity contribution in [3.63, 3.8) is 0 Å². The normalized spacial score (nSPS) is 18.9. The first-order valence-electron chi connectivity index (χ1n) is 13.6. The van der Waals surface area contributed by atoms with Crippen molar-refractivity contribution >= 4 is 23.9 Å². The summed E-state index contributed by atoms with van der Waals surface area (Å²) in [7, 11) is 0. The van der Waals surface area contributed by atoms with Crippen LogP contribution in [0.4, 0.5) is 4.79 Å². The summed E-state index contributed by atoms with van der Waals surface area (Å²) < 4.78 is 10.4. The Bertz CT molecular complexity index is 989. The van der Waals surface area contributed by atoms with Crippen LogP contribution in [-0.2, 0) is 23.9 Å². The van der Waals surface area contributed by atoms with Crippen LogP contribution in [0.2, 0.25) is 0 Å². The molecule has 38 heavy (non-hydrogen) atoms. The summed E-state index contributed by atoms with van der Waals surface area (Å²) in [5.74, 6) is -1.10. The predicted molar refractivity (Wildman–Crippen MR) is 145 cm³/mol. The van der Waals surface area contributed by atoms with E-state index in [1.807, 2.05) is 52.0 Å². The smallest absolute Gasteiger partial charge is 0.408 e. The van der Waals surface area contributed by atoms with E-state index in [2.05, 4.69) is 10.6 Å². The van der Waals surface area contributed by atoms with Crippen molar-refractivity contribution in [2.75, 3.05) is 13.2 Å². The Balaban J connectivity index is 2.44. The zero-order valence-corrected chi connectivity index (χ0v) is 24.1. The molecular weight excluding hydrogens is 486 g/mol. The highest BCUT2D eigenvalue weighted by molar-refractivity contribution is 5.93. The van der Waals surface area contributed by atoms with Crippen LogP contribution >= 0.6 is 0 Å². The summed E-state index contributed by atoms with van der Waals surface area (Å²) in [5, 5.41) is 5.62. The number of carbonyl (C=O) groups is 4. The van der Waals surface area contributed by atoms with E-state index in [9.17, 15) is 19.2 Å². The number of ether oxygens (including phenoxy) is 2. The molecule has 3 amide bonds. The Morgan fingerprint density at radius 2 is 1.82 bits per heavy atom. The second-order valence-electron chi connectivity index (χ2n) is 11.2. The van der Waals surface area contributed by atoms with E-state index in [0.29, 0.717) is 12.0 Å². The minimum absolute atomic E-state index is 0.0313. The van der Waals surface area contributed by atoms with E-state index in [1.165, 1.54) is 0 Å². The molecule has 5 atom stereocenters. The molecule has 0 radical (unpaired) electrons. The van der Waals surface area contributed by atoms with E-state index in [1.54, 1.807) is 32.6 Å². The standard InChI is InChI=1S/C29H45N3O6/c1-9-19(4)24(31-28(36)38-29(6,7)8)27(35)32(22-17-20(22)5)25(21-13-11-12-18(3)16-21)26(34)30-15-14-23(33)37-10-2/h11-13,16,19-20,22,24-25H,9-10,14-15,17H2,1-8H3,(H,30,34)(H,31,36). The number of nitrogens with one attached hydrogen (secondary N) is 2. The van der Waals surface area contributed by atoms with Gasteiger partial charge in [0.1, 0.15) is 17.7 Å². The van der Waals surface area contributed by atoms with Gasteiger partial charge in [-0.1, -0.05) is 57.0 Å². The molecule has 1 aromatic carbocycles. The highest BCUT2D eigenvalue weighted by Crippen LogP contribution is 2.41.